The largest absolute Gasteiger partial charge is 0.497 e. The third-order valence-corrected chi connectivity index (χ3v) is 3.23. The van der Waals surface area contributed by atoms with Crippen LogP contribution < -0.4 is 18.9 Å². The highest BCUT2D eigenvalue weighted by molar-refractivity contribution is 5.90. The van der Waals surface area contributed by atoms with Crippen molar-refractivity contribution in [1.82, 2.24) is 0 Å². The van der Waals surface area contributed by atoms with Gasteiger partial charge in [0.1, 0.15) is 36.2 Å². The van der Waals surface area contributed by atoms with E-state index < -0.39 is 5.97 Å². The summed E-state index contributed by atoms with van der Waals surface area (Å²) in [5, 5.41) is 0. The quantitative estimate of drug-likeness (QED) is 0.547. The maximum atomic E-state index is 12.1. The molecule has 6 nitrogen and oxygen atoms in total. The topological polar surface area (TPSA) is 63.2 Å². The lowest BCUT2D eigenvalue weighted by molar-refractivity contribution is 0.0449. The molecule has 0 saturated heterocycles. The fourth-order valence-corrected chi connectivity index (χ4v) is 1.97. The average Bonchev–Trinajstić information content (AvgIpc) is 2.64. The van der Waals surface area contributed by atoms with Crippen molar-refractivity contribution in [3.8, 4) is 23.0 Å². The fraction of sp³-hybridized carbons (Fsp3) is 0.278. The van der Waals surface area contributed by atoms with Crippen LogP contribution >= 0.6 is 0 Å². The summed E-state index contributed by atoms with van der Waals surface area (Å²) >= 11 is 0. The first-order chi connectivity index (χ1) is 11.7. The molecular formula is C18H20O6. The monoisotopic (exact) mass is 332 g/mol. The first-order valence-electron chi connectivity index (χ1n) is 7.33. The van der Waals surface area contributed by atoms with Crippen molar-refractivity contribution in [3.05, 3.63) is 48.0 Å². The van der Waals surface area contributed by atoms with Gasteiger partial charge in [0, 0.05) is 6.07 Å². The number of rotatable bonds is 8. The number of ether oxygens (including phenoxy) is 5. The molecule has 128 valence electrons. The summed E-state index contributed by atoms with van der Waals surface area (Å²) in [5.74, 6) is 2.01. The highest BCUT2D eigenvalue weighted by Gasteiger charge is 2.11. The van der Waals surface area contributed by atoms with Crippen molar-refractivity contribution < 1.29 is 28.5 Å². The van der Waals surface area contributed by atoms with Crippen LogP contribution in [0.5, 0.6) is 23.0 Å². The average molecular weight is 332 g/mol. The van der Waals surface area contributed by atoms with Crippen LogP contribution in [0.1, 0.15) is 10.4 Å². The minimum absolute atomic E-state index is 0.129. The molecule has 0 unspecified atom stereocenters. The van der Waals surface area contributed by atoms with Crippen LogP contribution in [0, 0.1) is 0 Å². The summed E-state index contributed by atoms with van der Waals surface area (Å²) in [7, 11) is 4.64. The van der Waals surface area contributed by atoms with Gasteiger partial charge >= 0.3 is 5.97 Å². The minimum Gasteiger partial charge on any atom is -0.497 e. The Morgan fingerprint density at radius 2 is 1.29 bits per heavy atom. The molecule has 0 N–H and O–H groups in total. The standard InChI is InChI=1S/C18H20O6/c1-20-14-4-6-15(7-5-14)23-8-9-24-18(19)13-10-16(21-2)12-17(11-13)22-3/h4-7,10-12H,8-9H2,1-3H3. The first-order valence-corrected chi connectivity index (χ1v) is 7.33. The van der Waals surface area contributed by atoms with E-state index in [-0.39, 0.29) is 13.2 Å². The predicted molar refractivity (Wildman–Crippen MR) is 88.3 cm³/mol. The number of benzene rings is 2. The summed E-state index contributed by atoms with van der Waals surface area (Å²) in [6.45, 7) is 0.379. The van der Waals surface area contributed by atoms with Gasteiger partial charge in [-0.25, -0.2) is 4.79 Å². The second-order valence-electron chi connectivity index (χ2n) is 4.76. The Bertz CT molecular complexity index is 643. The highest BCUT2D eigenvalue weighted by Crippen LogP contribution is 2.23. The molecular weight excluding hydrogens is 312 g/mol. The normalized spacial score (nSPS) is 9.96. The van der Waals surface area contributed by atoms with E-state index in [1.807, 2.05) is 0 Å². The van der Waals surface area contributed by atoms with E-state index in [9.17, 15) is 4.79 Å². The van der Waals surface area contributed by atoms with Gasteiger partial charge in [-0.3, -0.25) is 0 Å². The molecule has 2 rings (SSSR count). The minimum atomic E-state index is -0.467. The molecule has 0 aliphatic rings. The van der Waals surface area contributed by atoms with E-state index in [1.54, 1.807) is 49.6 Å². The molecule has 6 heteroatoms. The fourth-order valence-electron chi connectivity index (χ4n) is 1.97. The van der Waals surface area contributed by atoms with Crippen molar-refractivity contribution in [1.29, 1.82) is 0 Å². The van der Waals surface area contributed by atoms with Gasteiger partial charge in [0.15, 0.2) is 0 Å². The second kappa shape index (κ2) is 8.67. The van der Waals surface area contributed by atoms with Gasteiger partial charge in [-0.2, -0.15) is 0 Å². The van der Waals surface area contributed by atoms with Crippen LogP contribution in [0.25, 0.3) is 0 Å². The van der Waals surface area contributed by atoms with Crippen molar-refractivity contribution in [2.45, 2.75) is 0 Å². The van der Waals surface area contributed by atoms with E-state index in [0.29, 0.717) is 22.8 Å². The van der Waals surface area contributed by atoms with Gasteiger partial charge in [0.25, 0.3) is 0 Å². The van der Waals surface area contributed by atoms with Gasteiger partial charge < -0.3 is 23.7 Å². The van der Waals surface area contributed by atoms with Crippen molar-refractivity contribution >= 4 is 5.97 Å². The third-order valence-electron chi connectivity index (χ3n) is 3.23. The van der Waals surface area contributed by atoms with Crippen LogP contribution in [-0.4, -0.2) is 40.5 Å². The summed E-state index contributed by atoms with van der Waals surface area (Å²) in [5.41, 5.74) is 0.357. The lowest BCUT2D eigenvalue weighted by Crippen LogP contribution is -2.12. The van der Waals surface area contributed by atoms with Crippen LogP contribution in [0.15, 0.2) is 42.5 Å². The molecule has 0 saturated carbocycles. The van der Waals surface area contributed by atoms with Gasteiger partial charge in [-0.05, 0) is 36.4 Å². The summed E-state index contributed by atoms with van der Waals surface area (Å²) in [6.07, 6.45) is 0. The maximum absolute atomic E-state index is 12.1. The van der Waals surface area contributed by atoms with Crippen molar-refractivity contribution in [3.63, 3.8) is 0 Å². The maximum Gasteiger partial charge on any atom is 0.338 e. The van der Waals surface area contributed by atoms with E-state index in [0.717, 1.165) is 5.75 Å². The Hall–Kier alpha value is -2.89. The Morgan fingerprint density at radius 3 is 1.83 bits per heavy atom. The molecule has 24 heavy (non-hydrogen) atoms. The summed E-state index contributed by atoms with van der Waals surface area (Å²) in [4.78, 5) is 12.1. The van der Waals surface area contributed by atoms with Crippen LogP contribution in [0.3, 0.4) is 0 Å². The highest BCUT2D eigenvalue weighted by atomic mass is 16.6. The Balaban J connectivity index is 1.84. The molecule has 0 bridgehead atoms. The van der Waals surface area contributed by atoms with Gasteiger partial charge in [-0.15, -0.1) is 0 Å². The number of carbonyl (C=O) groups excluding carboxylic acids is 1. The number of hydrogen-bond donors (Lipinski definition) is 0. The van der Waals surface area contributed by atoms with Crippen molar-refractivity contribution in [2.24, 2.45) is 0 Å². The predicted octanol–water partition coefficient (Wildman–Crippen LogP) is 2.95. The zero-order valence-electron chi connectivity index (χ0n) is 13.9. The molecule has 2 aromatic rings. The Labute approximate surface area is 140 Å². The number of carbonyl (C=O) groups is 1. The van der Waals surface area contributed by atoms with Gasteiger partial charge in [0.2, 0.25) is 0 Å². The Kier molecular flexibility index (Phi) is 6.31. The summed E-state index contributed by atoms with van der Waals surface area (Å²) in [6, 6.07) is 12.0. The van der Waals surface area contributed by atoms with Crippen molar-refractivity contribution in [2.75, 3.05) is 34.5 Å². The second-order valence-corrected chi connectivity index (χ2v) is 4.76. The molecule has 0 fully saturated rings. The molecule has 0 aromatic heterocycles. The molecule has 0 spiro atoms. The molecule has 0 atom stereocenters. The van der Waals surface area contributed by atoms with E-state index >= 15 is 0 Å². The summed E-state index contributed by atoms with van der Waals surface area (Å²) < 4.78 is 26.0. The molecule has 0 radical (unpaired) electrons. The zero-order chi connectivity index (χ0) is 17.4. The number of esters is 1. The van der Waals surface area contributed by atoms with E-state index in [1.165, 1.54) is 14.2 Å². The lowest BCUT2D eigenvalue weighted by atomic mass is 10.2. The Morgan fingerprint density at radius 1 is 0.750 bits per heavy atom. The molecule has 0 aliphatic carbocycles. The third kappa shape index (κ3) is 4.81. The van der Waals surface area contributed by atoms with Crippen LogP contribution in [0.2, 0.25) is 0 Å². The van der Waals surface area contributed by atoms with Crippen LogP contribution in [-0.2, 0) is 4.74 Å². The number of methoxy groups -OCH3 is 3. The molecule has 0 aliphatic heterocycles. The lowest BCUT2D eigenvalue weighted by Gasteiger charge is -2.10. The van der Waals surface area contributed by atoms with Gasteiger partial charge in [0.05, 0.1) is 26.9 Å². The van der Waals surface area contributed by atoms with E-state index in [4.69, 9.17) is 23.7 Å². The molecule has 0 amide bonds. The molecule has 2 aromatic carbocycles. The van der Waals surface area contributed by atoms with E-state index in [2.05, 4.69) is 0 Å². The number of hydrogen-bond acceptors (Lipinski definition) is 6. The SMILES string of the molecule is COc1ccc(OCCOC(=O)c2cc(OC)cc(OC)c2)cc1. The first kappa shape index (κ1) is 17.5. The van der Waals surface area contributed by atoms with Crippen LogP contribution in [0.4, 0.5) is 0 Å². The zero-order valence-corrected chi connectivity index (χ0v) is 13.9. The molecule has 0 heterocycles. The smallest absolute Gasteiger partial charge is 0.338 e. The van der Waals surface area contributed by atoms with Gasteiger partial charge in [-0.1, -0.05) is 0 Å².